The van der Waals surface area contributed by atoms with E-state index in [1.165, 1.54) is 0 Å². The molecule has 0 bridgehead atoms. The number of ether oxygens (including phenoxy) is 2. The first-order chi connectivity index (χ1) is 12.1. The molecule has 0 atom stereocenters. The highest BCUT2D eigenvalue weighted by Gasteiger charge is 2.13. The number of carbonyl (C=O) groups is 1. The van der Waals surface area contributed by atoms with Gasteiger partial charge in [-0.2, -0.15) is 0 Å². The summed E-state index contributed by atoms with van der Waals surface area (Å²) in [5.41, 5.74) is 2.39. The Bertz CT molecular complexity index is 749. The van der Waals surface area contributed by atoms with Crippen molar-refractivity contribution < 1.29 is 14.3 Å². The van der Waals surface area contributed by atoms with Crippen LogP contribution in [0.3, 0.4) is 0 Å². The number of pyridine rings is 1. The first-order valence-corrected chi connectivity index (χ1v) is 8.12. The molecule has 0 saturated heterocycles. The topological polar surface area (TPSA) is 75.7 Å². The number of hydrogen-bond acceptors (Lipinski definition) is 6. The fourth-order valence-electron chi connectivity index (χ4n) is 2.41. The van der Waals surface area contributed by atoms with Crippen LogP contribution in [-0.2, 0) is 6.54 Å². The number of nitrogens with one attached hydrogen (secondary N) is 2. The molecular weight excluding hydrogens is 320 g/mol. The molecule has 0 fully saturated rings. The summed E-state index contributed by atoms with van der Waals surface area (Å²) >= 11 is 0. The van der Waals surface area contributed by atoms with Crippen molar-refractivity contribution in [2.24, 2.45) is 0 Å². The van der Waals surface area contributed by atoms with Gasteiger partial charge < -0.3 is 25.0 Å². The van der Waals surface area contributed by atoms with Crippen LogP contribution in [0.15, 0.2) is 36.7 Å². The van der Waals surface area contributed by atoms with Gasteiger partial charge in [-0.3, -0.25) is 9.78 Å². The van der Waals surface area contributed by atoms with Crippen LogP contribution in [0, 0.1) is 0 Å². The van der Waals surface area contributed by atoms with Gasteiger partial charge in [0.05, 0.1) is 11.3 Å². The van der Waals surface area contributed by atoms with E-state index in [9.17, 15) is 4.79 Å². The Hall–Kier alpha value is -2.80. The van der Waals surface area contributed by atoms with E-state index in [2.05, 4.69) is 15.6 Å². The summed E-state index contributed by atoms with van der Waals surface area (Å²) in [5, 5.41) is 6.16. The van der Waals surface area contributed by atoms with Gasteiger partial charge in [0.15, 0.2) is 11.5 Å². The minimum Gasteiger partial charge on any atom is -0.454 e. The first kappa shape index (κ1) is 17.0. The maximum atomic E-state index is 12.2. The molecule has 0 spiro atoms. The maximum Gasteiger partial charge on any atom is 0.252 e. The lowest BCUT2D eigenvalue weighted by Gasteiger charge is -2.11. The number of aromatic nitrogens is 1. The van der Waals surface area contributed by atoms with Gasteiger partial charge in [0.2, 0.25) is 6.79 Å². The van der Waals surface area contributed by atoms with E-state index in [-0.39, 0.29) is 12.7 Å². The Morgan fingerprint density at radius 2 is 2.04 bits per heavy atom. The molecule has 3 rings (SSSR count). The van der Waals surface area contributed by atoms with Crippen molar-refractivity contribution in [3.63, 3.8) is 0 Å². The standard InChI is InChI=1S/C18H22N4O3/c1-22(2)6-5-20-18(23)14-8-15(11-19-10-14)21-9-13-3-4-16-17(7-13)25-12-24-16/h3-4,7-8,10-11,21H,5-6,9,12H2,1-2H3,(H,20,23). The van der Waals surface area contributed by atoms with Crippen LogP contribution in [-0.4, -0.2) is 49.8 Å². The average molecular weight is 342 g/mol. The van der Waals surface area contributed by atoms with Gasteiger partial charge in [-0.1, -0.05) is 6.07 Å². The highest BCUT2D eigenvalue weighted by Crippen LogP contribution is 2.32. The smallest absolute Gasteiger partial charge is 0.252 e. The van der Waals surface area contributed by atoms with E-state index < -0.39 is 0 Å². The third kappa shape index (κ3) is 4.60. The number of likely N-dealkylation sites (N-methyl/N-ethyl adjacent to an activating group) is 1. The van der Waals surface area contributed by atoms with Crippen molar-refractivity contribution >= 4 is 11.6 Å². The fraction of sp³-hybridized carbons (Fsp3) is 0.333. The summed E-state index contributed by atoms with van der Waals surface area (Å²) in [4.78, 5) is 18.3. The van der Waals surface area contributed by atoms with Crippen LogP contribution < -0.4 is 20.1 Å². The zero-order valence-corrected chi connectivity index (χ0v) is 14.4. The Morgan fingerprint density at radius 1 is 1.20 bits per heavy atom. The number of benzene rings is 1. The highest BCUT2D eigenvalue weighted by atomic mass is 16.7. The summed E-state index contributed by atoms with van der Waals surface area (Å²) in [6.45, 7) is 2.26. The van der Waals surface area contributed by atoms with Crippen molar-refractivity contribution in [2.45, 2.75) is 6.54 Å². The van der Waals surface area contributed by atoms with Gasteiger partial charge in [0, 0.05) is 32.0 Å². The molecule has 7 heteroatoms. The molecular formula is C18H22N4O3. The Morgan fingerprint density at radius 3 is 2.88 bits per heavy atom. The molecule has 7 nitrogen and oxygen atoms in total. The fourth-order valence-corrected chi connectivity index (χ4v) is 2.41. The molecule has 2 aromatic rings. The van der Waals surface area contributed by atoms with Crippen LogP contribution in [0.25, 0.3) is 0 Å². The van der Waals surface area contributed by atoms with Gasteiger partial charge in [0.1, 0.15) is 0 Å². The summed E-state index contributed by atoms with van der Waals surface area (Å²) < 4.78 is 10.7. The summed E-state index contributed by atoms with van der Waals surface area (Å²) in [6, 6.07) is 7.61. The number of anilines is 1. The maximum absolute atomic E-state index is 12.2. The lowest BCUT2D eigenvalue weighted by molar-refractivity contribution is 0.0950. The number of fused-ring (bicyclic) bond motifs is 1. The molecule has 2 N–H and O–H groups in total. The average Bonchev–Trinajstić information content (AvgIpc) is 3.07. The predicted molar refractivity (Wildman–Crippen MR) is 95.0 cm³/mol. The SMILES string of the molecule is CN(C)CCNC(=O)c1cncc(NCc2ccc3c(c2)OCO3)c1. The molecule has 1 amide bonds. The van der Waals surface area contributed by atoms with Crippen molar-refractivity contribution in [3.8, 4) is 11.5 Å². The normalized spacial score (nSPS) is 12.3. The number of carbonyl (C=O) groups excluding carboxylic acids is 1. The lowest BCUT2D eigenvalue weighted by atomic mass is 10.2. The van der Waals surface area contributed by atoms with Crippen molar-refractivity contribution in [1.82, 2.24) is 15.2 Å². The van der Waals surface area contributed by atoms with Crippen LogP contribution in [0.5, 0.6) is 11.5 Å². The second kappa shape index (κ2) is 7.85. The number of nitrogens with zero attached hydrogens (tertiary/aromatic N) is 2. The van der Waals surface area contributed by atoms with Gasteiger partial charge in [0.25, 0.3) is 5.91 Å². The lowest BCUT2D eigenvalue weighted by Crippen LogP contribution is -2.31. The molecule has 1 aliphatic heterocycles. The minimum atomic E-state index is -0.124. The van der Waals surface area contributed by atoms with Gasteiger partial charge in [-0.25, -0.2) is 0 Å². The summed E-state index contributed by atoms with van der Waals surface area (Å²) in [6.07, 6.45) is 3.26. The molecule has 0 aliphatic carbocycles. The molecule has 1 aromatic carbocycles. The van der Waals surface area contributed by atoms with E-state index in [4.69, 9.17) is 9.47 Å². The molecule has 2 heterocycles. The third-order valence-corrected chi connectivity index (χ3v) is 3.78. The molecule has 0 saturated carbocycles. The second-order valence-electron chi connectivity index (χ2n) is 6.06. The molecule has 25 heavy (non-hydrogen) atoms. The third-order valence-electron chi connectivity index (χ3n) is 3.78. The van der Waals surface area contributed by atoms with Gasteiger partial charge >= 0.3 is 0 Å². The van der Waals surface area contributed by atoms with E-state index in [1.807, 2.05) is 37.2 Å². The zero-order valence-electron chi connectivity index (χ0n) is 14.4. The van der Waals surface area contributed by atoms with Gasteiger partial charge in [-0.05, 0) is 37.9 Å². The summed E-state index contributed by atoms with van der Waals surface area (Å²) in [5.74, 6) is 1.40. The molecule has 1 aliphatic rings. The van der Waals surface area contributed by atoms with E-state index in [1.54, 1.807) is 18.5 Å². The van der Waals surface area contributed by atoms with E-state index in [0.29, 0.717) is 18.7 Å². The van der Waals surface area contributed by atoms with Crippen LogP contribution in [0.1, 0.15) is 15.9 Å². The van der Waals surface area contributed by atoms with E-state index >= 15 is 0 Å². The minimum absolute atomic E-state index is 0.124. The number of amides is 1. The van der Waals surface area contributed by atoms with Crippen LogP contribution in [0.4, 0.5) is 5.69 Å². The molecule has 0 unspecified atom stereocenters. The van der Waals surface area contributed by atoms with Crippen LogP contribution >= 0.6 is 0 Å². The van der Waals surface area contributed by atoms with Crippen molar-refractivity contribution in [2.75, 3.05) is 39.3 Å². The molecule has 1 aromatic heterocycles. The summed E-state index contributed by atoms with van der Waals surface area (Å²) in [7, 11) is 3.93. The van der Waals surface area contributed by atoms with E-state index in [0.717, 1.165) is 29.3 Å². The quantitative estimate of drug-likeness (QED) is 0.798. The Kier molecular flexibility index (Phi) is 5.35. The van der Waals surface area contributed by atoms with Crippen molar-refractivity contribution in [3.05, 3.63) is 47.8 Å². The zero-order chi connectivity index (χ0) is 17.6. The second-order valence-corrected chi connectivity index (χ2v) is 6.06. The molecule has 132 valence electrons. The van der Waals surface area contributed by atoms with Crippen molar-refractivity contribution in [1.29, 1.82) is 0 Å². The largest absolute Gasteiger partial charge is 0.454 e. The number of rotatable bonds is 7. The monoisotopic (exact) mass is 342 g/mol. The predicted octanol–water partition coefficient (Wildman–Crippen LogP) is 1.71. The first-order valence-electron chi connectivity index (χ1n) is 8.12. The Labute approximate surface area is 147 Å². The Balaban J connectivity index is 1.57. The van der Waals surface area contributed by atoms with Crippen LogP contribution in [0.2, 0.25) is 0 Å². The highest BCUT2D eigenvalue weighted by molar-refractivity contribution is 5.94. The molecule has 0 radical (unpaired) electrons. The van der Waals surface area contributed by atoms with Gasteiger partial charge in [-0.15, -0.1) is 0 Å². The number of hydrogen-bond donors (Lipinski definition) is 2.